The first-order chi connectivity index (χ1) is 8.68. The summed E-state index contributed by atoms with van der Waals surface area (Å²) in [6.07, 6.45) is 0.624. The molecule has 2 aromatic rings. The summed E-state index contributed by atoms with van der Waals surface area (Å²) in [5.41, 5.74) is 7.50. The van der Waals surface area contributed by atoms with Crippen LogP contribution in [0.15, 0.2) is 42.5 Å². The van der Waals surface area contributed by atoms with Crippen LogP contribution in [0.5, 0.6) is 5.75 Å². The molecule has 0 aliphatic rings. The monoisotopic (exact) mass is 265 g/mol. The minimum atomic E-state index is -0.528. The van der Waals surface area contributed by atoms with Gasteiger partial charge in [-0.1, -0.05) is 35.9 Å². The Hall–Kier alpha value is -1.74. The van der Waals surface area contributed by atoms with Crippen LogP contribution in [-0.2, 0) is 6.42 Å². The van der Waals surface area contributed by atoms with Crippen molar-refractivity contribution < 1.29 is 9.13 Å². The average Bonchev–Trinajstić information content (AvgIpc) is 2.37. The second-order valence-electron chi connectivity index (χ2n) is 3.85. The number of ether oxygens (including phenoxy) is 1. The Bertz CT molecular complexity index is 545. The first-order valence-corrected chi connectivity index (χ1v) is 5.96. The number of nitrogens with two attached hydrogens (primary N) is 1. The fraction of sp³-hybridized carbons (Fsp3) is 0.143. The van der Waals surface area contributed by atoms with Gasteiger partial charge in [0, 0.05) is 12.1 Å². The number of benzene rings is 2. The zero-order valence-electron chi connectivity index (χ0n) is 9.70. The van der Waals surface area contributed by atoms with E-state index in [9.17, 15) is 4.39 Å². The van der Waals surface area contributed by atoms with Crippen molar-refractivity contribution in [1.82, 2.24) is 0 Å². The second kappa shape index (κ2) is 5.74. The molecule has 2 aromatic carbocycles. The third kappa shape index (κ3) is 2.93. The van der Waals surface area contributed by atoms with E-state index >= 15 is 0 Å². The summed E-state index contributed by atoms with van der Waals surface area (Å²) in [5, 5.41) is 0.0618. The number of hydrogen-bond donors (Lipinski definition) is 1. The highest BCUT2D eigenvalue weighted by atomic mass is 35.5. The molecular formula is C14H13ClFNO. The van der Waals surface area contributed by atoms with Crippen molar-refractivity contribution in [2.45, 2.75) is 6.42 Å². The van der Waals surface area contributed by atoms with Crippen LogP contribution in [0.3, 0.4) is 0 Å². The SMILES string of the molecule is Nc1ccccc1CCOc1cccc(Cl)c1F. The van der Waals surface area contributed by atoms with Crippen molar-refractivity contribution in [3.05, 3.63) is 58.9 Å². The van der Waals surface area contributed by atoms with Gasteiger partial charge in [0.2, 0.25) is 0 Å². The molecule has 0 aliphatic carbocycles. The Balaban J connectivity index is 1.97. The maximum absolute atomic E-state index is 13.5. The van der Waals surface area contributed by atoms with Gasteiger partial charge in [0.1, 0.15) is 0 Å². The standard InChI is InChI=1S/C14H13ClFNO/c15-11-5-3-7-13(14(11)16)18-9-8-10-4-1-2-6-12(10)17/h1-7H,8-9,17H2. The Morgan fingerprint density at radius 1 is 1.11 bits per heavy atom. The number of rotatable bonds is 4. The normalized spacial score (nSPS) is 10.3. The Morgan fingerprint density at radius 2 is 1.89 bits per heavy atom. The van der Waals surface area contributed by atoms with Gasteiger partial charge in [-0.05, 0) is 23.8 Å². The van der Waals surface area contributed by atoms with Crippen LogP contribution in [0.25, 0.3) is 0 Å². The Morgan fingerprint density at radius 3 is 2.67 bits per heavy atom. The van der Waals surface area contributed by atoms with Gasteiger partial charge in [0.05, 0.1) is 11.6 Å². The van der Waals surface area contributed by atoms with Crippen molar-refractivity contribution >= 4 is 17.3 Å². The molecule has 18 heavy (non-hydrogen) atoms. The van der Waals surface area contributed by atoms with Crippen LogP contribution in [0.4, 0.5) is 10.1 Å². The molecule has 0 fully saturated rings. The lowest BCUT2D eigenvalue weighted by molar-refractivity contribution is 0.305. The van der Waals surface area contributed by atoms with E-state index in [1.807, 2.05) is 24.3 Å². The summed E-state index contributed by atoms with van der Waals surface area (Å²) in [4.78, 5) is 0. The van der Waals surface area contributed by atoms with Gasteiger partial charge in [-0.2, -0.15) is 0 Å². The molecule has 2 rings (SSSR count). The molecule has 2 nitrogen and oxygen atoms in total. The number of anilines is 1. The molecule has 0 saturated carbocycles. The van der Waals surface area contributed by atoms with E-state index in [0.29, 0.717) is 18.7 Å². The van der Waals surface area contributed by atoms with Crippen LogP contribution in [0.2, 0.25) is 5.02 Å². The number of para-hydroxylation sites is 1. The van der Waals surface area contributed by atoms with E-state index < -0.39 is 5.82 Å². The summed E-state index contributed by atoms with van der Waals surface area (Å²) < 4.78 is 18.9. The van der Waals surface area contributed by atoms with Crippen LogP contribution in [0, 0.1) is 5.82 Å². The second-order valence-corrected chi connectivity index (χ2v) is 4.26. The van der Waals surface area contributed by atoms with Crippen molar-refractivity contribution in [1.29, 1.82) is 0 Å². The zero-order chi connectivity index (χ0) is 13.0. The summed E-state index contributed by atoms with van der Waals surface area (Å²) >= 11 is 5.66. The van der Waals surface area contributed by atoms with Crippen LogP contribution < -0.4 is 10.5 Å². The number of nitrogen functional groups attached to an aromatic ring is 1. The summed E-state index contributed by atoms with van der Waals surface area (Å²) in [7, 11) is 0. The molecule has 0 heterocycles. The third-order valence-electron chi connectivity index (χ3n) is 2.60. The molecular weight excluding hydrogens is 253 g/mol. The smallest absolute Gasteiger partial charge is 0.183 e. The molecule has 0 aromatic heterocycles. The molecule has 0 spiro atoms. The van der Waals surface area contributed by atoms with Crippen molar-refractivity contribution in [3.8, 4) is 5.75 Å². The topological polar surface area (TPSA) is 35.2 Å². The average molecular weight is 266 g/mol. The molecule has 0 bridgehead atoms. The van der Waals surface area contributed by atoms with Crippen LogP contribution in [0.1, 0.15) is 5.56 Å². The van der Waals surface area contributed by atoms with Gasteiger partial charge in [-0.15, -0.1) is 0 Å². The maximum Gasteiger partial charge on any atom is 0.183 e. The highest BCUT2D eigenvalue weighted by Crippen LogP contribution is 2.24. The molecule has 94 valence electrons. The van der Waals surface area contributed by atoms with Gasteiger partial charge in [-0.3, -0.25) is 0 Å². The summed E-state index contributed by atoms with van der Waals surface area (Å²) in [5.74, 6) is -0.364. The van der Waals surface area contributed by atoms with E-state index in [2.05, 4.69) is 0 Å². The van der Waals surface area contributed by atoms with E-state index in [4.69, 9.17) is 22.1 Å². The Labute approximate surface area is 110 Å². The van der Waals surface area contributed by atoms with Gasteiger partial charge < -0.3 is 10.5 Å². The van der Waals surface area contributed by atoms with Crippen molar-refractivity contribution in [3.63, 3.8) is 0 Å². The van der Waals surface area contributed by atoms with Gasteiger partial charge in [0.25, 0.3) is 0 Å². The van der Waals surface area contributed by atoms with Crippen LogP contribution in [-0.4, -0.2) is 6.61 Å². The molecule has 0 unspecified atom stereocenters. The number of hydrogen-bond acceptors (Lipinski definition) is 2. The molecule has 0 saturated heterocycles. The zero-order valence-corrected chi connectivity index (χ0v) is 10.5. The lowest BCUT2D eigenvalue weighted by Crippen LogP contribution is -2.04. The molecule has 0 atom stereocenters. The number of halogens is 2. The maximum atomic E-state index is 13.5. The molecule has 0 radical (unpaired) electrons. The Kier molecular flexibility index (Phi) is 4.05. The van der Waals surface area contributed by atoms with Gasteiger partial charge in [0.15, 0.2) is 11.6 Å². The van der Waals surface area contributed by atoms with E-state index in [-0.39, 0.29) is 10.8 Å². The molecule has 0 aliphatic heterocycles. The molecule has 4 heteroatoms. The van der Waals surface area contributed by atoms with E-state index in [1.54, 1.807) is 12.1 Å². The van der Waals surface area contributed by atoms with Gasteiger partial charge >= 0.3 is 0 Å². The fourth-order valence-electron chi connectivity index (χ4n) is 1.63. The lowest BCUT2D eigenvalue weighted by atomic mass is 10.1. The highest BCUT2D eigenvalue weighted by Gasteiger charge is 2.07. The first-order valence-electron chi connectivity index (χ1n) is 5.58. The predicted octanol–water partition coefficient (Wildman–Crippen LogP) is 3.68. The third-order valence-corrected chi connectivity index (χ3v) is 2.89. The van der Waals surface area contributed by atoms with Crippen molar-refractivity contribution in [2.24, 2.45) is 0 Å². The fourth-order valence-corrected chi connectivity index (χ4v) is 1.79. The minimum absolute atomic E-state index is 0.0618. The highest BCUT2D eigenvalue weighted by molar-refractivity contribution is 6.30. The summed E-state index contributed by atoms with van der Waals surface area (Å²) in [6, 6.07) is 12.2. The van der Waals surface area contributed by atoms with Crippen molar-refractivity contribution in [2.75, 3.05) is 12.3 Å². The largest absolute Gasteiger partial charge is 0.490 e. The molecule has 0 amide bonds. The molecule has 2 N–H and O–H groups in total. The van der Waals surface area contributed by atoms with Gasteiger partial charge in [-0.25, -0.2) is 4.39 Å². The summed E-state index contributed by atoms with van der Waals surface area (Å²) in [6.45, 7) is 0.353. The predicted molar refractivity (Wildman–Crippen MR) is 71.5 cm³/mol. The first kappa shape index (κ1) is 12.7. The minimum Gasteiger partial charge on any atom is -0.490 e. The van der Waals surface area contributed by atoms with E-state index in [0.717, 1.165) is 5.56 Å². The lowest BCUT2D eigenvalue weighted by Gasteiger charge is -2.09. The van der Waals surface area contributed by atoms with Crippen LogP contribution >= 0.6 is 11.6 Å². The quantitative estimate of drug-likeness (QED) is 0.856. The van der Waals surface area contributed by atoms with E-state index in [1.165, 1.54) is 6.07 Å².